The van der Waals surface area contributed by atoms with Crippen LogP contribution in [0.3, 0.4) is 0 Å². The van der Waals surface area contributed by atoms with Crippen molar-refractivity contribution in [2.75, 3.05) is 6.61 Å². The first-order valence-electron chi connectivity index (χ1n) is 10.7. The second-order valence-corrected chi connectivity index (χ2v) is 8.00. The maximum atomic E-state index is 13.8. The van der Waals surface area contributed by atoms with Gasteiger partial charge in [-0.15, -0.1) is 0 Å². The SMILES string of the molecule is CCc1ccc(Oc2c(C(F)(F)F)oc3cc(OC(=O)COc4ccc(Cl)cc4)ccc3c2=O)cc1. The largest absolute Gasteiger partial charge is 0.482 e. The number of halogens is 4. The van der Waals surface area contributed by atoms with Gasteiger partial charge >= 0.3 is 12.1 Å². The van der Waals surface area contributed by atoms with Gasteiger partial charge in [0.25, 0.3) is 5.76 Å². The molecule has 0 saturated heterocycles. The van der Waals surface area contributed by atoms with Gasteiger partial charge in [-0.3, -0.25) is 4.79 Å². The monoisotopic (exact) mass is 518 g/mol. The second kappa shape index (κ2) is 10.3. The second-order valence-electron chi connectivity index (χ2n) is 7.56. The van der Waals surface area contributed by atoms with Crippen molar-refractivity contribution in [3.63, 3.8) is 0 Å². The van der Waals surface area contributed by atoms with E-state index in [9.17, 15) is 22.8 Å². The number of carbonyl (C=O) groups excluding carboxylic acids is 1. The molecule has 0 aliphatic rings. The summed E-state index contributed by atoms with van der Waals surface area (Å²) in [6.07, 6.45) is -4.29. The van der Waals surface area contributed by atoms with E-state index in [4.69, 9.17) is 30.2 Å². The van der Waals surface area contributed by atoms with Crippen molar-refractivity contribution in [3.05, 3.63) is 93.3 Å². The molecule has 0 aliphatic heterocycles. The Hall–Kier alpha value is -3.98. The molecule has 6 nitrogen and oxygen atoms in total. The average molecular weight is 519 g/mol. The van der Waals surface area contributed by atoms with Gasteiger partial charge < -0.3 is 18.6 Å². The summed E-state index contributed by atoms with van der Waals surface area (Å²) in [5.74, 6) is -3.12. The summed E-state index contributed by atoms with van der Waals surface area (Å²) in [6, 6.07) is 16.0. The van der Waals surface area contributed by atoms with Crippen molar-refractivity contribution in [1.82, 2.24) is 0 Å². The highest BCUT2D eigenvalue weighted by Gasteiger charge is 2.40. The van der Waals surface area contributed by atoms with E-state index in [1.54, 1.807) is 36.4 Å². The number of ether oxygens (including phenoxy) is 3. The fraction of sp³-hybridized carbons (Fsp3) is 0.154. The van der Waals surface area contributed by atoms with Crippen LogP contribution in [0.25, 0.3) is 11.0 Å². The van der Waals surface area contributed by atoms with Gasteiger partial charge in [0.2, 0.25) is 11.2 Å². The van der Waals surface area contributed by atoms with Crippen LogP contribution >= 0.6 is 11.6 Å². The van der Waals surface area contributed by atoms with E-state index in [1.165, 1.54) is 24.3 Å². The molecule has 1 heterocycles. The molecule has 3 aromatic carbocycles. The highest BCUT2D eigenvalue weighted by Crippen LogP contribution is 2.38. The fourth-order valence-corrected chi connectivity index (χ4v) is 3.37. The molecule has 0 bridgehead atoms. The Labute approximate surface area is 207 Å². The van der Waals surface area contributed by atoms with Crippen molar-refractivity contribution < 1.29 is 36.6 Å². The van der Waals surface area contributed by atoms with Crippen LogP contribution in [-0.4, -0.2) is 12.6 Å². The summed E-state index contributed by atoms with van der Waals surface area (Å²) in [5, 5.41) is 0.309. The van der Waals surface area contributed by atoms with Gasteiger partial charge in [0.05, 0.1) is 5.39 Å². The van der Waals surface area contributed by atoms with E-state index in [2.05, 4.69) is 0 Å². The van der Waals surface area contributed by atoms with Crippen molar-refractivity contribution in [1.29, 1.82) is 0 Å². The third kappa shape index (κ3) is 5.80. The van der Waals surface area contributed by atoms with Gasteiger partial charge in [-0.2, -0.15) is 13.2 Å². The molecule has 0 saturated carbocycles. The van der Waals surface area contributed by atoms with Crippen LogP contribution in [0.4, 0.5) is 13.2 Å². The van der Waals surface area contributed by atoms with E-state index >= 15 is 0 Å². The Morgan fingerprint density at radius 3 is 2.22 bits per heavy atom. The van der Waals surface area contributed by atoms with E-state index in [1.807, 2.05) is 6.92 Å². The first kappa shape index (κ1) is 25.1. The summed E-state index contributed by atoms with van der Waals surface area (Å²) in [5.41, 5.74) is -0.499. The molecule has 36 heavy (non-hydrogen) atoms. The lowest BCUT2D eigenvalue weighted by molar-refractivity contribution is -0.154. The lowest BCUT2D eigenvalue weighted by Crippen LogP contribution is -2.18. The summed E-state index contributed by atoms with van der Waals surface area (Å²) < 4.78 is 62.0. The van der Waals surface area contributed by atoms with Gasteiger partial charge in [-0.1, -0.05) is 30.7 Å². The molecular formula is C26H18ClF3O6. The topological polar surface area (TPSA) is 75.0 Å². The minimum absolute atomic E-state index is 0.0515. The normalized spacial score (nSPS) is 11.4. The van der Waals surface area contributed by atoms with Crippen LogP contribution in [-0.2, 0) is 17.4 Å². The molecule has 186 valence electrons. The minimum Gasteiger partial charge on any atom is -0.482 e. The maximum Gasteiger partial charge on any atom is 0.453 e. The zero-order valence-corrected chi connectivity index (χ0v) is 19.5. The van der Waals surface area contributed by atoms with Crippen LogP contribution in [0.1, 0.15) is 18.2 Å². The number of rotatable bonds is 7. The number of aryl methyl sites for hydroxylation is 1. The molecular weight excluding hydrogens is 501 g/mol. The zero-order valence-electron chi connectivity index (χ0n) is 18.7. The number of hydrogen-bond acceptors (Lipinski definition) is 6. The third-order valence-electron chi connectivity index (χ3n) is 5.03. The first-order chi connectivity index (χ1) is 17.1. The number of esters is 1. The Bertz CT molecular complexity index is 1440. The van der Waals surface area contributed by atoms with Crippen molar-refractivity contribution >= 4 is 28.5 Å². The van der Waals surface area contributed by atoms with E-state index in [0.29, 0.717) is 10.8 Å². The minimum atomic E-state index is -5.02. The predicted molar refractivity (Wildman–Crippen MR) is 126 cm³/mol. The van der Waals surface area contributed by atoms with Crippen LogP contribution < -0.4 is 19.6 Å². The molecule has 10 heteroatoms. The molecule has 0 radical (unpaired) electrons. The smallest absolute Gasteiger partial charge is 0.453 e. The third-order valence-corrected chi connectivity index (χ3v) is 5.29. The van der Waals surface area contributed by atoms with Gasteiger partial charge in [-0.25, -0.2) is 4.79 Å². The van der Waals surface area contributed by atoms with E-state index < -0.39 is 41.3 Å². The molecule has 0 N–H and O–H groups in total. The summed E-state index contributed by atoms with van der Waals surface area (Å²) in [6.45, 7) is 1.45. The molecule has 0 spiro atoms. The molecule has 0 amide bonds. The number of fused-ring (bicyclic) bond motifs is 1. The number of carbonyl (C=O) groups is 1. The van der Waals surface area contributed by atoms with Crippen LogP contribution in [0.2, 0.25) is 5.02 Å². The average Bonchev–Trinajstić information content (AvgIpc) is 2.85. The fourth-order valence-electron chi connectivity index (χ4n) is 3.24. The molecule has 4 aromatic rings. The first-order valence-corrected chi connectivity index (χ1v) is 11.1. The quantitative estimate of drug-likeness (QED) is 0.198. The zero-order chi connectivity index (χ0) is 25.9. The Morgan fingerprint density at radius 1 is 0.944 bits per heavy atom. The van der Waals surface area contributed by atoms with Gasteiger partial charge in [0.15, 0.2) is 6.61 Å². The Kier molecular flexibility index (Phi) is 7.21. The van der Waals surface area contributed by atoms with Gasteiger partial charge in [0.1, 0.15) is 22.8 Å². The summed E-state index contributed by atoms with van der Waals surface area (Å²) in [7, 11) is 0. The highest BCUT2D eigenvalue weighted by molar-refractivity contribution is 6.30. The van der Waals surface area contributed by atoms with Crippen molar-refractivity contribution in [3.8, 4) is 23.0 Å². The van der Waals surface area contributed by atoms with Crippen LogP contribution in [0.5, 0.6) is 23.0 Å². The summed E-state index contributed by atoms with van der Waals surface area (Å²) >= 11 is 5.78. The Balaban J connectivity index is 1.60. The molecule has 4 rings (SSSR count). The van der Waals surface area contributed by atoms with Gasteiger partial charge in [0, 0.05) is 11.1 Å². The standard InChI is InChI=1S/C26H18ClF3O6/c1-2-15-3-7-18(8-4-15)35-24-23(32)20-12-11-19(13-21(20)36-25(24)26(28,29)30)34-22(31)14-33-17-9-5-16(27)6-10-17/h3-13H,2,14H2,1H3. The number of hydrogen-bond donors (Lipinski definition) is 0. The number of alkyl halides is 3. The molecule has 0 atom stereocenters. The Morgan fingerprint density at radius 2 is 1.58 bits per heavy atom. The molecule has 0 unspecified atom stereocenters. The van der Waals surface area contributed by atoms with E-state index in [0.717, 1.165) is 18.1 Å². The lowest BCUT2D eigenvalue weighted by atomic mass is 10.1. The lowest BCUT2D eigenvalue weighted by Gasteiger charge is -2.14. The van der Waals surface area contributed by atoms with Crippen molar-refractivity contribution in [2.45, 2.75) is 19.5 Å². The number of benzene rings is 3. The molecule has 0 fully saturated rings. The summed E-state index contributed by atoms with van der Waals surface area (Å²) in [4.78, 5) is 25.0. The molecule has 1 aromatic heterocycles. The highest BCUT2D eigenvalue weighted by atomic mass is 35.5. The van der Waals surface area contributed by atoms with Crippen molar-refractivity contribution in [2.24, 2.45) is 0 Å². The molecule has 0 aliphatic carbocycles. The van der Waals surface area contributed by atoms with Gasteiger partial charge in [-0.05, 0) is 60.5 Å². The maximum absolute atomic E-state index is 13.8. The van der Waals surface area contributed by atoms with E-state index in [-0.39, 0.29) is 16.9 Å². The van der Waals surface area contributed by atoms with Crippen LogP contribution in [0.15, 0.2) is 75.9 Å². The predicted octanol–water partition coefficient (Wildman–Crippen LogP) is 6.80. The van der Waals surface area contributed by atoms with Crippen LogP contribution in [0, 0.1) is 0 Å².